The van der Waals surface area contributed by atoms with Crippen LogP contribution in [0.2, 0.25) is 0 Å². The Labute approximate surface area is 154 Å². The van der Waals surface area contributed by atoms with E-state index in [0.717, 1.165) is 37.4 Å². The smallest absolute Gasteiger partial charge is 0.273 e. The van der Waals surface area contributed by atoms with Gasteiger partial charge in [0.15, 0.2) is 5.76 Å². The molecule has 0 saturated heterocycles. The van der Waals surface area contributed by atoms with Crippen LogP contribution in [0.1, 0.15) is 42.1 Å². The van der Waals surface area contributed by atoms with Gasteiger partial charge in [0.05, 0.1) is 11.8 Å². The van der Waals surface area contributed by atoms with E-state index < -0.39 is 0 Å². The summed E-state index contributed by atoms with van der Waals surface area (Å²) in [6, 6.07) is 3.59. The number of rotatable bonds is 7. The Morgan fingerprint density at radius 2 is 2.04 bits per heavy atom. The van der Waals surface area contributed by atoms with Crippen LogP contribution >= 0.6 is 0 Å². The van der Waals surface area contributed by atoms with Crippen molar-refractivity contribution in [1.29, 1.82) is 0 Å². The summed E-state index contributed by atoms with van der Waals surface area (Å²) in [6.07, 6.45) is 4.44. The van der Waals surface area contributed by atoms with Crippen LogP contribution in [0.5, 0.6) is 0 Å². The molecule has 6 heteroatoms. The van der Waals surface area contributed by atoms with Crippen molar-refractivity contribution in [2.24, 2.45) is 5.10 Å². The molecule has 26 heavy (non-hydrogen) atoms. The molecule has 2 aromatic rings. The Kier molecular flexibility index (Phi) is 5.42. The lowest BCUT2D eigenvalue weighted by atomic mass is 10.0. The van der Waals surface area contributed by atoms with E-state index in [0.29, 0.717) is 17.0 Å². The van der Waals surface area contributed by atoms with Gasteiger partial charge in [-0.15, -0.1) is 0 Å². The largest absolute Gasteiger partial charge is 0.463 e. The highest BCUT2D eigenvalue weighted by molar-refractivity contribution is 6.32. The highest BCUT2D eigenvalue weighted by Crippen LogP contribution is 2.24. The Hall–Kier alpha value is -2.60. The zero-order valence-corrected chi connectivity index (χ0v) is 15.8. The van der Waals surface area contributed by atoms with Gasteiger partial charge in [0.25, 0.3) is 5.91 Å². The first kappa shape index (κ1) is 18.2. The molecule has 1 aliphatic rings. The highest BCUT2D eigenvalue weighted by Gasteiger charge is 2.26. The highest BCUT2D eigenvalue weighted by atomic mass is 16.3. The molecule has 3 heterocycles. The second kappa shape index (κ2) is 7.74. The first-order chi connectivity index (χ1) is 12.5. The van der Waals surface area contributed by atoms with Crippen molar-refractivity contribution in [3.63, 3.8) is 0 Å². The number of H-pyrrole nitrogens is 1. The molecule has 0 aromatic carbocycles. The molecule has 2 N–H and O–H groups in total. The van der Waals surface area contributed by atoms with Crippen LogP contribution in [0.4, 0.5) is 0 Å². The van der Waals surface area contributed by atoms with E-state index in [9.17, 15) is 4.79 Å². The average molecular weight is 354 g/mol. The van der Waals surface area contributed by atoms with E-state index in [2.05, 4.69) is 48.1 Å². The molecule has 0 spiro atoms. The Bertz CT molecular complexity index is 840. The first-order valence-electron chi connectivity index (χ1n) is 9.09. The SMILES string of the molecule is CCN(CC)CCc1c(C)[nH]c(C=C2C(=O)NN=C2c2ccco2)c1C. The van der Waals surface area contributed by atoms with Crippen LogP contribution in [-0.4, -0.2) is 41.1 Å². The molecule has 0 aliphatic carbocycles. The molecule has 1 amide bonds. The van der Waals surface area contributed by atoms with Crippen molar-refractivity contribution in [2.75, 3.05) is 19.6 Å². The van der Waals surface area contributed by atoms with Gasteiger partial charge < -0.3 is 14.3 Å². The van der Waals surface area contributed by atoms with E-state index in [1.54, 1.807) is 18.4 Å². The van der Waals surface area contributed by atoms with Crippen molar-refractivity contribution in [1.82, 2.24) is 15.3 Å². The van der Waals surface area contributed by atoms with Crippen LogP contribution in [0.25, 0.3) is 6.08 Å². The van der Waals surface area contributed by atoms with Gasteiger partial charge in [-0.05, 0) is 62.7 Å². The molecule has 1 aliphatic heterocycles. The Balaban J connectivity index is 1.88. The van der Waals surface area contributed by atoms with Crippen LogP contribution < -0.4 is 5.43 Å². The fraction of sp³-hybridized carbons (Fsp3) is 0.400. The summed E-state index contributed by atoms with van der Waals surface area (Å²) in [4.78, 5) is 18.1. The minimum atomic E-state index is -0.215. The van der Waals surface area contributed by atoms with Gasteiger partial charge in [0.2, 0.25) is 0 Å². The topological polar surface area (TPSA) is 73.6 Å². The minimum absolute atomic E-state index is 0.215. The molecule has 6 nitrogen and oxygen atoms in total. The third kappa shape index (κ3) is 3.51. The molecule has 0 atom stereocenters. The van der Waals surface area contributed by atoms with Crippen LogP contribution in [0.15, 0.2) is 33.5 Å². The fourth-order valence-corrected chi connectivity index (χ4v) is 3.36. The summed E-state index contributed by atoms with van der Waals surface area (Å²) >= 11 is 0. The number of hydrogen-bond donors (Lipinski definition) is 2. The van der Waals surface area contributed by atoms with E-state index in [1.807, 2.05) is 6.08 Å². The summed E-state index contributed by atoms with van der Waals surface area (Å²) < 4.78 is 5.40. The molecule has 0 bridgehead atoms. The molecule has 2 aromatic heterocycles. The third-order valence-corrected chi connectivity index (χ3v) is 5.02. The standard InChI is InChI=1S/C20H26N4O2/c1-5-24(6-2)10-9-15-13(3)17(21-14(15)4)12-16-19(22-23-20(16)25)18-8-7-11-26-18/h7-8,11-12,21H,5-6,9-10H2,1-4H3,(H,23,25). The second-order valence-electron chi connectivity index (χ2n) is 6.48. The van der Waals surface area contributed by atoms with Crippen LogP contribution in [-0.2, 0) is 11.2 Å². The molecular weight excluding hydrogens is 328 g/mol. The molecule has 0 fully saturated rings. The van der Waals surface area contributed by atoms with E-state index in [4.69, 9.17) is 4.42 Å². The number of furan rings is 1. The normalized spacial score (nSPS) is 15.8. The van der Waals surface area contributed by atoms with Gasteiger partial charge in [0, 0.05) is 17.9 Å². The lowest BCUT2D eigenvalue weighted by Crippen LogP contribution is -2.25. The number of amides is 1. The molecule has 138 valence electrons. The number of hydrazone groups is 1. The fourth-order valence-electron chi connectivity index (χ4n) is 3.36. The number of aromatic nitrogens is 1. The summed E-state index contributed by atoms with van der Waals surface area (Å²) in [5.74, 6) is 0.366. The van der Waals surface area contributed by atoms with E-state index >= 15 is 0 Å². The van der Waals surface area contributed by atoms with Gasteiger partial charge in [-0.3, -0.25) is 4.79 Å². The van der Waals surface area contributed by atoms with E-state index in [-0.39, 0.29) is 5.91 Å². The molecule has 0 radical (unpaired) electrons. The van der Waals surface area contributed by atoms with Crippen molar-refractivity contribution in [2.45, 2.75) is 34.1 Å². The molecule has 0 unspecified atom stereocenters. The predicted octanol–water partition coefficient (Wildman–Crippen LogP) is 3.03. The van der Waals surface area contributed by atoms with Gasteiger partial charge in [0.1, 0.15) is 5.71 Å². The third-order valence-electron chi connectivity index (χ3n) is 5.02. The lowest BCUT2D eigenvalue weighted by Gasteiger charge is -2.17. The number of carbonyl (C=O) groups excluding carboxylic acids is 1. The van der Waals surface area contributed by atoms with Crippen molar-refractivity contribution in [3.8, 4) is 0 Å². The number of hydrogen-bond acceptors (Lipinski definition) is 4. The maximum Gasteiger partial charge on any atom is 0.273 e. The van der Waals surface area contributed by atoms with Crippen molar-refractivity contribution >= 4 is 17.7 Å². The first-order valence-corrected chi connectivity index (χ1v) is 9.09. The van der Waals surface area contributed by atoms with E-state index in [1.165, 1.54) is 11.1 Å². The Morgan fingerprint density at radius 3 is 2.69 bits per heavy atom. The van der Waals surface area contributed by atoms with Gasteiger partial charge in [-0.25, -0.2) is 5.43 Å². The zero-order chi connectivity index (χ0) is 18.7. The quantitative estimate of drug-likeness (QED) is 0.751. The van der Waals surface area contributed by atoms with Gasteiger partial charge >= 0.3 is 0 Å². The monoisotopic (exact) mass is 354 g/mol. The number of carbonyl (C=O) groups is 1. The van der Waals surface area contributed by atoms with Crippen molar-refractivity contribution in [3.05, 3.63) is 52.2 Å². The number of likely N-dealkylation sites (N-methyl/N-ethyl adjacent to an activating group) is 1. The summed E-state index contributed by atoms with van der Waals surface area (Å²) in [6.45, 7) is 11.7. The summed E-state index contributed by atoms with van der Waals surface area (Å²) in [5, 5.41) is 4.11. The maximum atomic E-state index is 12.2. The zero-order valence-electron chi connectivity index (χ0n) is 15.8. The number of nitrogens with one attached hydrogen (secondary N) is 2. The molecular formula is C20H26N4O2. The predicted molar refractivity (Wildman–Crippen MR) is 103 cm³/mol. The number of nitrogens with zero attached hydrogens (tertiary/aromatic N) is 2. The van der Waals surface area contributed by atoms with Crippen LogP contribution in [0.3, 0.4) is 0 Å². The average Bonchev–Trinajstić information content (AvgIpc) is 3.33. The Morgan fingerprint density at radius 1 is 1.27 bits per heavy atom. The maximum absolute atomic E-state index is 12.2. The summed E-state index contributed by atoms with van der Waals surface area (Å²) in [5.41, 5.74) is 8.17. The number of aromatic amines is 1. The van der Waals surface area contributed by atoms with Crippen LogP contribution in [0, 0.1) is 13.8 Å². The lowest BCUT2D eigenvalue weighted by molar-refractivity contribution is -0.116. The van der Waals surface area contributed by atoms with Gasteiger partial charge in [-0.2, -0.15) is 5.10 Å². The second-order valence-corrected chi connectivity index (χ2v) is 6.48. The van der Waals surface area contributed by atoms with Gasteiger partial charge in [-0.1, -0.05) is 13.8 Å². The summed E-state index contributed by atoms with van der Waals surface area (Å²) in [7, 11) is 0. The molecule has 3 rings (SSSR count). The minimum Gasteiger partial charge on any atom is -0.463 e. The number of aryl methyl sites for hydroxylation is 1. The van der Waals surface area contributed by atoms with Crippen molar-refractivity contribution < 1.29 is 9.21 Å². The molecule has 0 saturated carbocycles.